The highest BCUT2D eigenvalue weighted by atomic mass is 19.1. The van der Waals surface area contributed by atoms with Crippen LogP contribution in [0, 0.1) is 19.7 Å². The number of hydrogen-bond donors (Lipinski definition) is 1. The van der Waals surface area contributed by atoms with Gasteiger partial charge in [-0.1, -0.05) is 12.1 Å². The van der Waals surface area contributed by atoms with Crippen molar-refractivity contribution < 1.29 is 13.9 Å². The molecule has 0 aliphatic heterocycles. The summed E-state index contributed by atoms with van der Waals surface area (Å²) in [6.45, 7) is 3.78. The van der Waals surface area contributed by atoms with Gasteiger partial charge in [-0.15, -0.1) is 0 Å². The molecule has 1 amide bonds. The van der Waals surface area contributed by atoms with E-state index in [-0.39, 0.29) is 11.7 Å². The van der Waals surface area contributed by atoms with Crippen molar-refractivity contribution in [2.24, 2.45) is 5.10 Å². The molecule has 0 saturated heterocycles. The maximum atomic E-state index is 14.1. The summed E-state index contributed by atoms with van der Waals surface area (Å²) in [5, 5.41) is 4.03. The summed E-state index contributed by atoms with van der Waals surface area (Å²) >= 11 is 0. The SMILES string of the molecule is COc1ccc(C(=O)N/N=C/c2cc(C)n(-c3ccccc3F)c2C)cc1. The normalized spacial score (nSPS) is 11.0. The lowest BCUT2D eigenvalue weighted by molar-refractivity contribution is 0.0955. The standard InChI is InChI=1S/C21H20FN3O2/c1-14-12-17(15(2)25(14)20-7-5-4-6-19(20)22)13-23-24-21(26)16-8-10-18(27-3)11-9-16/h4-13H,1-3H3,(H,24,26)/b23-13+. The van der Waals surface area contributed by atoms with Gasteiger partial charge in [0.05, 0.1) is 19.0 Å². The van der Waals surface area contributed by atoms with Crippen molar-refractivity contribution in [2.45, 2.75) is 13.8 Å². The first-order valence-electron chi connectivity index (χ1n) is 8.42. The van der Waals surface area contributed by atoms with Crippen molar-refractivity contribution in [3.05, 3.63) is 82.9 Å². The number of hydrogen-bond acceptors (Lipinski definition) is 3. The van der Waals surface area contributed by atoms with Crippen LogP contribution >= 0.6 is 0 Å². The largest absolute Gasteiger partial charge is 0.497 e. The Labute approximate surface area is 157 Å². The maximum absolute atomic E-state index is 14.1. The fourth-order valence-electron chi connectivity index (χ4n) is 2.89. The number of nitrogens with zero attached hydrogens (tertiary/aromatic N) is 2. The van der Waals surface area contributed by atoms with Crippen LogP contribution in [0.15, 0.2) is 59.7 Å². The van der Waals surface area contributed by atoms with Gasteiger partial charge in [0.25, 0.3) is 5.91 Å². The van der Waals surface area contributed by atoms with Crippen LogP contribution in [0.1, 0.15) is 27.3 Å². The Hall–Kier alpha value is -3.41. The number of nitrogens with one attached hydrogen (secondary N) is 1. The third kappa shape index (κ3) is 3.89. The third-order valence-corrected chi connectivity index (χ3v) is 4.29. The van der Waals surface area contributed by atoms with Crippen molar-refractivity contribution >= 4 is 12.1 Å². The Kier molecular flexibility index (Phi) is 5.35. The second-order valence-corrected chi connectivity index (χ2v) is 6.04. The molecule has 3 rings (SSSR count). The second kappa shape index (κ2) is 7.86. The number of carbonyl (C=O) groups is 1. The second-order valence-electron chi connectivity index (χ2n) is 6.04. The van der Waals surface area contributed by atoms with E-state index in [1.54, 1.807) is 55.8 Å². The summed E-state index contributed by atoms with van der Waals surface area (Å²) in [6.07, 6.45) is 1.56. The van der Waals surface area contributed by atoms with Gasteiger partial charge in [-0.25, -0.2) is 9.82 Å². The fraction of sp³-hybridized carbons (Fsp3) is 0.143. The lowest BCUT2D eigenvalue weighted by atomic mass is 10.2. The lowest BCUT2D eigenvalue weighted by Crippen LogP contribution is -2.17. The van der Waals surface area contributed by atoms with Crippen LogP contribution in [0.5, 0.6) is 5.75 Å². The van der Waals surface area contributed by atoms with Crippen molar-refractivity contribution in [2.75, 3.05) is 7.11 Å². The quantitative estimate of drug-likeness (QED) is 0.549. The van der Waals surface area contributed by atoms with Crippen LogP contribution in [0.2, 0.25) is 0 Å². The molecule has 5 nitrogen and oxygen atoms in total. The molecule has 0 radical (unpaired) electrons. The highest BCUT2D eigenvalue weighted by Gasteiger charge is 2.12. The Morgan fingerprint density at radius 3 is 2.52 bits per heavy atom. The van der Waals surface area contributed by atoms with Gasteiger partial charge in [0, 0.05) is 22.5 Å². The van der Waals surface area contributed by atoms with Crippen molar-refractivity contribution in [3.8, 4) is 11.4 Å². The molecule has 0 bridgehead atoms. The Balaban J connectivity index is 1.77. The monoisotopic (exact) mass is 365 g/mol. The number of aryl methyl sites for hydroxylation is 1. The zero-order valence-corrected chi connectivity index (χ0v) is 15.4. The molecule has 0 aliphatic carbocycles. The lowest BCUT2D eigenvalue weighted by Gasteiger charge is -2.10. The molecule has 0 atom stereocenters. The number of methoxy groups -OCH3 is 1. The van der Waals surface area contributed by atoms with E-state index >= 15 is 0 Å². The predicted octanol–water partition coefficient (Wildman–Crippen LogP) is 4.01. The van der Waals surface area contributed by atoms with Gasteiger partial charge in [0.1, 0.15) is 11.6 Å². The number of para-hydroxylation sites is 1. The van der Waals surface area contributed by atoms with E-state index in [1.165, 1.54) is 6.07 Å². The first-order chi connectivity index (χ1) is 13.0. The van der Waals surface area contributed by atoms with Gasteiger partial charge < -0.3 is 9.30 Å². The number of aromatic nitrogens is 1. The molecule has 0 aliphatic rings. The molecular formula is C21H20FN3O2. The molecular weight excluding hydrogens is 345 g/mol. The molecule has 138 valence electrons. The van der Waals surface area contributed by atoms with Gasteiger partial charge in [-0.05, 0) is 56.3 Å². The molecule has 0 fully saturated rings. The molecule has 3 aromatic rings. The molecule has 6 heteroatoms. The van der Waals surface area contributed by atoms with E-state index < -0.39 is 0 Å². The fourth-order valence-corrected chi connectivity index (χ4v) is 2.89. The van der Waals surface area contributed by atoms with E-state index in [9.17, 15) is 9.18 Å². The van der Waals surface area contributed by atoms with E-state index in [0.717, 1.165) is 17.0 Å². The van der Waals surface area contributed by atoms with E-state index in [1.807, 2.05) is 24.5 Å². The van der Waals surface area contributed by atoms with Crippen LogP contribution in [-0.4, -0.2) is 23.8 Å². The first-order valence-corrected chi connectivity index (χ1v) is 8.42. The third-order valence-electron chi connectivity index (χ3n) is 4.29. The topological polar surface area (TPSA) is 55.6 Å². The Bertz CT molecular complexity index is 991. The number of amides is 1. The van der Waals surface area contributed by atoms with Gasteiger partial charge in [-0.3, -0.25) is 4.79 Å². The summed E-state index contributed by atoms with van der Waals surface area (Å²) in [5.41, 5.74) is 5.96. The smallest absolute Gasteiger partial charge is 0.271 e. The highest BCUT2D eigenvalue weighted by Crippen LogP contribution is 2.21. The molecule has 0 saturated carbocycles. The number of rotatable bonds is 5. The summed E-state index contributed by atoms with van der Waals surface area (Å²) in [7, 11) is 1.57. The molecule has 27 heavy (non-hydrogen) atoms. The van der Waals surface area contributed by atoms with Crippen molar-refractivity contribution in [1.29, 1.82) is 0 Å². The summed E-state index contributed by atoms with van der Waals surface area (Å²) in [6, 6.07) is 15.2. The van der Waals surface area contributed by atoms with Gasteiger partial charge in [0.2, 0.25) is 0 Å². The highest BCUT2D eigenvalue weighted by molar-refractivity contribution is 5.95. The van der Waals surface area contributed by atoms with E-state index in [4.69, 9.17) is 4.74 Å². The van der Waals surface area contributed by atoms with Crippen LogP contribution in [0.4, 0.5) is 4.39 Å². The minimum absolute atomic E-state index is 0.296. The summed E-state index contributed by atoms with van der Waals surface area (Å²) < 4.78 is 21.0. The van der Waals surface area contributed by atoms with Gasteiger partial charge in [-0.2, -0.15) is 5.10 Å². The number of halogens is 1. The van der Waals surface area contributed by atoms with Crippen LogP contribution < -0.4 is 10.2 Å². The summed E-state index contributed by atoms with van der Waals surface area (Å²) in [5.74, 6) is 0.0584. The number of ether oxygens (including phenoxy) is 1. The number of benzene rings is 2. The molecule has 1 aromatic heterocycles. The van der Waals surface area contributed by atoms with Crippen molar-refractivity contribution in [1.82, 2.24) is 9.99 Å². The average molecular weight is 365 g/mol. The molecule has 2 aromatic carbocycles. The zero-order valence-electron chi connectivity index (χ0n) is 15.4. The van der Waals surface area contributed by atoms with E-state index in [2.05, 4.69) is 10.5 Å². The van der Waals surface area contributed by atoms with Crippen LogP contribution in [0.25, 0.3) is 5.69 Å². The van der Waals surface area contributed by atoms with Gasteiger partial charge in [0.15, 0.2) is 0 Å². The average Bonchev–Trinajstić information content (AvgIpc) is 2.96. The Morgan fingerprint density at radius 1 is 1.15 bits per heavy atom. The first kappa shape index (κ1) is 18.4. The van der Waals surface area contributed by atoms with Crippen LogP contribution in [-0.2, 0) is 0 Å². The van der Waals surface area contributed by atoms with Crippen LogP contribution in [0.3, 0.4) is 0 Å². The number of hydrazone groups is 1. The zero-order chi connectivity index (χ0) is 19.4. The van der Waals surface area contributed by atoms with Gasteiger partial charge >= 0.3 is 0 Å². The summed E-state index contributed by atoms with van der Waals surface area (Å²) in [4.78, 5) is 12.1. The van der Waals surface area contributed by atoms with E-state index in [0.29, 0.717) is 17.0 Å². The van der Waals surface area contributed by atoms with Crippen molar-refractivity contribution in [3.63, 3.8) is 0 Å². The molecule has 1 N–H and O–H groups in total. The minimum Gasteiger partial charge on any atom is -0.497 e. The molecule has 0 spiro atoms. The molecule has 1 heterocycles. The Morgan fingerprint density at radius 2 is 1.85 bits per heavy atom. The minimum atomic E-state index is -0.322. The number of carbonyl (C=O) groups excluding carboxylic acids is 1. The predicted molar refractivity (Wildman–Crippen MR) is 103 cm³/mol. The molecule has 0 unspecified atom stereocenters. The maximum Gasteiger partial charge on any atom is 0.271 e.